The summed E-state index contributed by atoms with van der Waals surface area (Å²) in [6, 6.07) is 15.5. The first kappa shape index (κ1) is 57.5. The maximum atomic E-state index is 11.2. The lowest BCUT2D eigenvalue weighted by atomic mass is 9.83. The van der Waals surface area contributed by atoms with Gasteiger partial charge in [0.2, 0.25) is 0 Å². The van der Waals surface area contributed by atoms with Crippen molar-refractivity contribution in [1.82, 2.24) is 37.5 Å². The van der Waals surface area contributed by atoms with E-state index in [4.69, 9.17) is 6.42 Å². The molecule has 2 aliphatic carbocycles. The van der Waals surface area contributed by atoms with Crippen LogP contribution in [0, 0.1) is 47.1 Å². The number of halogens is 1. The quantitative estimate of drug-likeness (QED) is 0.0952. The molecule has 8 aromatic rings. The summed E-state index contributed by atoms with van der Waals surface area (Å²) in [6.45, 7) is 13.3. The summed E-state index contributed by atoms with van der Waals surface area (Å²) in [6.07, 6.45) is 31.9. The Morgan fingerprint density at radius 2 is 0.904 bits per heavy atom. The molecule has 10 rings (SSSR count). The Balaban J connectivity index is 0.000000183. The number of aliphatic hydroxyl groups is 2. The highest BCUT2D eigenvalue weighted by molar-refractivity contribution is 9.10. The van der Waals surface area contributed by atoms with Gasteiger partial charge in [0.1, 0.15) is 27.5 Å². The fraction of sp³-hybridized carbons (Fsp3) is 0.379. The molecule has 0 saturated heterocycles. The zero-order valence-electron chi connectivity index (χ0n) is 41.5. The molecule has 0 aromatic carbocycles. The Labute approximate surface area is 441 Å². The average molecular weight is 1080 g/mol. The van der Waals surface area contributed by atoms with E-state index in [1.807, 2.05) is 63.5 Å². The molecule has 0 amide bonds. The molecule has 8 aromatic heterocycles. The maximum Gasteiger partial charge on any atom is 0.168 e. The minimum Gasteiger partial charge on any atom is -0.387 e. The molecule has 15 heteroatoms. The van der Waals surface area contributed by atoms with E-state index >= 15 is 0 Å². The molecule has 2 aliphatic rings. The number of imidazole rings is 4. The number of carbonyl (C=O) groups is 2. The Morgan fingerprint density at radius 3 is 1.33 bits per heavy atom. The van der Waals surface area contributed by atoms with Crippen molar-refractivity contribution in [2.45, 2.75) is 131 Å². The summed E-state index contributed by atoms with van der Waals surface area (Å²) in [5.41, 5.74) is 15.9. The van der Waals surface area contributed by atoms with E-state index in [1.54, 1.807) is 52.7 Å². The Morgan fingerprint density at radius 1 is 0.548 bits per heavy atom. The van der Waals surface area contributed by atoms with Gasteiger partial charge in [-0.25, -0.2) is 19.9 Å². The summed E-state index contributed by atoms with van der Waals surface area (Å²) < 4.78 is 8.23. The molecule has 2 fully saturated rings. The van der Waals surface area contributed by atoms with Gasteiger partial charge in [-0.05, 0) is 102 Å². The summed E-state index contributed by atoms with van der Waals surface area (Å²) in [5.74, 6) is 9.82. The molecule has 8 heterocycles. The smallest absolute Gasteiger partial charge is 0.168 e. The van der Waals surface area contributed by atoms with E-state index in [9.17, 15) is 19.8 Å². The third-order valence-corrected chi connectivity index (χ3v) is 15.1. The number of aldehydes is 2. The average Bonchev–Trinajstić information content (AvgIpc) is 4.23. The number of aromatic nitrogens is 8. The van der Waals surface area contributed by atoms with Gasteiger partial charge in [-0.1, -0.05) is 110 Å². The largest absolute Gasteiger partial charge is 0.387 e. The number of nitrogens with zero attached hydrogens (tertiary/aromatic N) is 8. The Kier molecular flexibility index (Phi) is 20.5. The summed E-state index contributed by atoms with van der Waals surface area (Å²) >= 11 is 3.28. The van der Waals surface area contributed by atoms with Crippen molar-refractivity contribution < 1.29 is 19.8 Å². The van der Waals surface area contributed by atoms with Gasteiger partial charge in [0.15, 0.2) is 12.6 Å². The standard InChI is InChI=1S/C19H26N2OSi.C16H18N2O.C13H14N2OSi.C8H5BrN2O.2CH4/c1-23(2,3)12-11-15-9-10-17-13-20-14-21(17)18(15)19(22)16-7-5-4-6-8-16;1-2-12-8-9-14-10-17-11-18(14)15(12)16(19)13-6-4-3-5-7-13;1-17(2,3)7-6-11-4-5-12-8-14-10-15(12)13(11)9-16;9-7-2-1-6-3-10-5-11(6)8(7)4-12;;/h9-10,13-14,16,19,22H,4-8H2,1-3H3;1,8-11,13,16,19H,3-7H2;4-5,8-10H,1-3H3;1-5H;2*1H4. The van der Waals surface area contributed by atoms with Crippen molar-refractivity contribution in [2.75, 3.05) is 0 Å². The molecular formula is C58H71BrN8O4Si2. The first-order chi connectivity index (χ1) is 34.1. The van der Waals surface area contributed by atoms with Gasteiger partial charge >= 0.3 is 0 Å². The van der Waals surface area contributed by atoms with Gasteiger partial charge in [-0.15, -0.1) is 17.5 Å². The van der Waals surface area contributed by atoms with E-state index in [-0.39, 0.29) is 14.9 Å². The van der Waals surface area contributed by atoms with Crippen LogP contribution in [0.15, 0.2) is 103 Å². The first-order valence-corrected chi connectivity index (χ1v) is 32.1. The van der Waals surface area contributed by atoms with Crippen LogP contribution in [0.2, 0.25) is 39.3 Å². The van der Waals surface area contributed by atoms with E-state index in [0.29, 0.717) is 23.2 Å². The monoisotopic (exact) mass is 1080 g/mol. The summed E-state index contributed by atoms with van der Waals surface area (Å²) in [4.78, 5) is 38.2. The number of aliphatic hydroxyl groups excluding tert-OH is 2. The predicted octanol–water partition coefficient (Wildman–Crippen LogP) is 12.7. The van der Waals surface area contributed by atoms with E-state index < -0.39 is 28.4 Å². The highest BCUT2D eigenvalue weighted by Crippen LogP contribution is 2.37. The van der Waals surface area contributed by atoms with Crippen LogP contribution >= 0.6 is 15.9 Å². The number of hydrogen-bond donors (Lipinski definition) is 2. The molecule has 2 unspecified atom stereocenters. The molecule has 73 heavy (non-hydrogen) atoms. The number of terminal acetylenes is 1. The number of fused-ring (bicyclic) bond motifs is 4. The van der Waals surface area contributed by atoms with Crippen molar-refractivity contribution >= 4 is 66.7 Å². The molecule has 12 nitrogen and oxygen atoms in total. The fourth-order valence-corrected chi connectivity index (χ4v) is 10.5. The molecule has 382 valence electrons. The molecule has 2 atom stereocenters. The van der Waals surface area contributed by atoms with E-state index in [0.717, 1.165) is 92.9 Å². The second-order valence-electron chi connectivity index (χ2n) is 20.3. The lowest BCUT2D eigenvalue weighted by Gasteiger charge is -2.28. The molecule has 2 N–H and O–H groups in total. The maximum absolute atomic E-state index is 11.2. The number of hydrogen-bond acceptors (Lipinski definition) is 8. The second kappa shape index (κ2) is 26.0. The van der Waals surface area contributed by atoms with Crippen LogP contribution in [0.4, 0.5) is 0 Å². The summed E-state index contributed by atoms with van der Waals surface area (Å²) in [5, 5.41) is 21.8. The third-order valence-electron chi connectivity index (χ3n) is 12.7. The third kappa shape index (κ3) is 14.4. The molecular weight excluding hydrogens is 1010 g/mol. The van der Waals surface area contributed by atoms with Gasteiger partial charge < -0.3 is 10.2 Å². The Bertz CT molecular complexity index is 3300. The van der Waals surface area contributed by atoms with Gasteiger partial charge in [0, 0.05) is 15.6 Å². The van der Waals surface area contributed by atoms with Crippen LogP contribution < -0.4 is 0 Å². The number of pyridine rings is 4. The Hall–Kier alpha value is -6.39. The molecule has 0 radical (unpaired) electrons. The minimum atomic E-state index is -1.46. The van der Waals surface area contributed by atoms with Crippen LogP contribution in [0.3, 0.4) is 0 Å². The van der Waals surface area contributed by atoms with Crippen molar-refractivity contribution in [3.63, 3.8) is 0 Å². The predicted molar refractivity (Wildman–Crippen MR) is 304 cm³/mol. The number of carbonyl (C=O) groups excluding carboxylic acids is 2. The first-order valence-electron chi connectivity index (χ1n) is 24.4. The van der Waals surface area contributed by atoms with Crippen LogP contribution in [-0.4, -0.2) is 76.5 Å². The zero-order chi connectivity index (χ0) is 50.7. The van der Waals surface area contributed by atoms with Gasteiger partial charge in [-0.3, -0.25) is 27.2 Å². The normalized spacial score (nSPS) is 14.6. The van der Waals surface area contributed by atoms with Crippen molar-refractivity contribution in [3.8, 4) is 35.3 Å². The molecule has 0 bridgehead atoms. The lowest BCUT2D eigenvalue weighted by molar-refractivity contribution is 0.0798. The molecule has 0 spiro atoms. The SMILES string of the molecule is C.C.C#Cc1ccc2cncn2c1C(O)C1CCCCC1.C[Si](C)(C)C#Cc1ccc2cncn2c1C(O)C1CCCCC1.C[Si](C)(C)C#Cc1ccc2cncn2c1C=O.O=Cc1c(Br)ccc2cncn12. The molecule has 0 aliphatic heterocycles. The zero-order valence-corrected chi connectivity index (χ0v) is 45.1. The van der Waals surface area contributed by atoms with Crippen molar-refractivity contribution in [3.05, 3.63) is 143 Å². The van der Waals surface area contributed by atoms with E-state index in [1.165, 1.54) is 38.5 Å². The van der Waals surface area contributed by atoms with Crippen LogP contribution in [0.5, 0.6) is 0 Å². The summed E-state index contributed by atoms with van der Waals surface area (Å²) in [7, 11) is -2.89. The topological polar surface area (TPSA) is 144 Å². The van der Waals surface area contributed by atoms with Gasteiger partial charge in [-0.2, -0.15) is 0 Å². The fourth-order valence-electron chi connectivity index (χ4n) is 9.06. The van der Waals surface area contributed by atoms with Gasteiger partial charge in [0.05, 0.1) is 101 Å². The van der Waals surface area contributed by atoms with Crippen LogP contribution in [-0.2, 0) is 0 Å². The number of rotatable bonds is 6. The highest BCUT2D eigenvalue weighted by Gasteiger charge is 2.28. The molecule has 2 saturated carbocycles. The van der Waals surface area contributed by atoms with Crippen LogP contribution in [0.25, 0.3) is 22.1 Å². The minimum absolute atomic E-state index is 0. The highest BCUT2D eigenvalue weighted by atomic mass is 79.9. The van der Waals surface area contributed by atoms with Crippen molar-refractivity contribution in [2.24, 2.45) is 11.8 Å². The van der Waals surface area contributed by atoms with Crippen LogP contribution in [0.1, 0.15) is 140 Å². The lowest BCUT2D eigenvalue weighted by Crippen LogP contribution is -2.20. The second-order valence-corrected chi connectivity index (χ2v) is 30.6. The van der Waals surface area contributed by atoms with Crippen molar-refractivity contribution in [1.29, 1.82) is 0 Å². The van der Waals surface area contributed by atoms with Gasteiger partial charge in [0.25, 0.3) is 0 Å². The van der Waals surface area contributed by atoms with E-state index in [2.05, 4.69) is 104 Å².